The zero-order valence-corrected chi connectivity index (χ0v) is 30.0. The minimum Gasteiger partial charge on any atom is -0.311 e. The molecular weight excluding hydrogens is 655 g/mol. The molecule has 54 heavy (non-hydrogen) atoms. The van der Waals surface area contributed by atoms with Crippen LogP contribution in [0.2, 0.25) is 0 Å². The lowest BCUT2D eigenvalue weighted by atomic mass is 9.98. The second-order valence-corrected chi connectivity index (χ2v) is 13.7. The molecule has 0 aliphatic rings. The molecule has 9 rings (SSSR count). The average Bonchev–Trinajstić information content (AvgIpc) is 3.24. The molecule has 3 heteroatoms. The summed E-state index contributed by atoms with van der Waals surface area (Å²) in [4.78, 5) is 11.6. The third-order valence-corrected chi connectivity index (χ3v) is 10.2. The van der Waals surface area contributed by atoms with E-state index in [1.165, 1.54) is 33.0 Å². The maximum Gasteiger partial charge on any atom is 0.0702 e. The summed E-state index contributed by atoms with van der Waals surface area (Å²) in [7, 11) is 0. The van der Waals surface area contributed by atoms with Crippen LogP contribution in [0.5, 0.6) is 0 Å². The summed E-state index contributed by atoms with van der Waals surface area (Å²) in [6.07, 6.45) is 5.68. The lowest BCUT2D eigenvalue weighted by Gasteiger charge is -2.26. The van der Waals surface area contributed by atoms with Crippen LogP contribution in [0.15, 0.2) is 195 Å². The maximum atomic E-state index is 4.70. The standard InChI is InChI=1S/C51H37N3/c1-3-50-35(2)30-45(33-52-50)40-20-26-48(27-21-40)54(49-28-22-41(23-29-49)46-32-44-10-6-7-11-51(44)53-34-46)47-24-18-38(19-25-47)37-12-14-39(15-13-37)43-17-16-36-8-4-5-9-42(36)31-43/h3-34H,1H2,2H3. The monoisotopic (exact) mass is 691 g/mol. The average molecular weight is 692 g/mol. The molecule has 256 valence electrons. The Kier molecular flexibility index (Phi) is 8.58. The van der Waals surface area contributed by atoms with Gasteiger partial charge in [0.05, 0.1) is 11.2 Å². The molecule has 0 fully saturated rings. The van der Waals surface area contributed by atoms with E-state index >= 15 is 0 Å². The highest BCUT2D eigenvalue weighted by Crippen LogP contribution is 2.38. The zero-order valence-electron chi connectivity index (χ0n) is 30.0. The Hall–Kier alpha value is -7.10. The van der Waals surface area contributed by atoms with Gasteiger partial charge in [-0.15, -0.1) is 0 Å². The highest BCUT2D eigenvalue weighted by Gasteiger charge is 2.15. The largest absolute Gasteiger partial charge is 0.311 e. The van der Waals surface area contributed by atoms with Crippen LogP contribution in [0.25, 0.3) is 72.3 Å². The first-order valence-corrected chi connectivity index (χ1v) is 18.2. The van der Waals surface area contributed by atoms with E-state index < -0.39 is 0 Å². The van der Waals surface area contributed by atoms with E-state index in [-0.39, 0.29) is 0 Å². The molecule has 9 aromatic rings. The Balaban J connectivity index is 1.04. The fraction of sp³-hybridized carbons (Fsp3) is 0.0196. The van der Waals surface area contributed by atoms with Gasteiger partial charge in [-0.3, -0.25) is 9.97 Å². The normalized spacial score (nSPS) is 11.1. The number of hydrogen-bond acceptors (Lipinski definition) is 3. The van der Waals surface area contributed by atoms with Crippen molar-refractivity contribution in [1.29, 1.82) is 0 Å². The Morgan fingerprint density at radius 3 is 1.41 bits per heavy atom. The second kappa shape index (κ2) is 14.1. The summed E-state index contributed by atoms with van der Waals surface area (Å²) in [5, 5.41) is 3.64. The molecule has 0 N–H and O–H groups in total. The molecule has 0 atom stereocenters. The summed E-state index contributed by atoms with van der Waals surface area (Å²) in [6.45, 7) is 5.97. The Morgan fingerprint density at radius 1 is 0.407 bits per heavy atom. The molecule has 0 saturated carbocycles. The number of nitrogens with zero attached hydrogens (tertiary/aromatic N) is 3. The van der Waals surface area contributed by atoms with E-state index in [1.54, 1.807) is 6.08 Å². The van der Waals surface area contributed by atoms with E-state index in [0.29, 0.717) is 0 Å². The van der Waals surface area contributed by atoms with Crippen LogP contribution >= 0.6 is 0 Å². The van der Waals surface area contributed by atoms with Gasteiger partial charge in [0.1, 0.15) is 0 Å². The van der Waals surface area contributed by atoms with Crippen molar-refractivity contribution in [3.63, 3.8) is 0 Å². The predicted octanol–water partition coefficient (Wildman–Crippen LogP) is 13.9. The molecule has 0 unspecified atom stereocenters. The number of fused-ring (bicyclic) bond motifs is 2. The molecule has 0 radical (unpaired) electrons. The van der Waals surface area contributed by atoms with Gasteiger partial charge in [-0.2, -0.15) is 0 Å². The minimum atomic E-state index is 0.911. The van der Waals surface area contributed by atoms with Crippen LogP contribution in [0.3, 0.4) is 0 Å². The minimum absolute atomic E-state index is 0.911. The summed E-state index contributed by atoms with van der Waals surface area (Å²) in [6, 6.07) is 63.0. The first kappa shape index (κ1) is 32.8. The highest BCUT2D eigenvalue weighted by atomic mass is 15.1. The molecule has 0 aliphatic carbocycles. The van der Waals surface area contributed by atoms with Gasteiger partial charge in [-0.1, -0.05) is 122 Å². The van der Waals surface area contributed by atoms with Gasteiger partial charge in [0.2, 0.25) is 0 Å². The summed E-state index contributed by atoms with van der Waals surface area (Å²) < 4.78 is 0. The van der Waals surface area contributed by atoms with Gasteiger partial charge in [-0.05, 0) is 123 Å². The van der Waals surface area contributed by atoms with E-state index in [4.69, 9.17) is 4.98 Å². The van der Waals surface area contributed by atoms with Gasteiger partial charge in [0.25, 0.3) is 0 Å². The molecular formula is C51H37N3. The molecule has 7 aromatic carbocycles. The first-order chi connectivity index (χ1) is 26.6. The number of rotatable bonds is 8. The van der Waals surface area contributed by atoms with Crippen molar-refractivity contribution in [1.82, 2.24) is 9.97 Å². The van der Waals surface area contributed by atoms with E-state index in [1.807, 2.05) is 24.5 Å². The van der Waals surface area contributed by atoms with Crippen molar-refractivity contribution in [3.8, 4) is 44.5 Å². The van der Waals surface area contributed by atoms with Crippen LogP contribution in [-0.2, 0) is 0 Å². The van der Waals surface area contributed by atoms with Crippen molar-refractivity contribution in [2.24, 2.45) is 0 Å². The number of aromatic nitrogens is 2. The molecule has 0 spiro atoms. The SMILES string of the molecule is C=Cc1ncc(-c2ccc(N(c3ccc(-c4ccc(-c5ccc6ccccc6c5)cc4)cc3)c3ccc(-c4cnc5ccccc5c4)cc3)cc2)cc1C. The van der Waals surface area contributed by atoms with Gasteiger partial charge in [0, 0.05) is 46.0 Å². The molecule has 2 aromatic heterocycles. The Labute approximate surface area is 316 Å². The van der Waals surface area contributed by atoms with Gasteiger partial charge in [-0.25, -0.2) is 0 Å². The van der Waals surface area contributed by atoms with E-state index in [9.17, 15) is 0 Å². The number of benzene rings is 7. The molecule has 3 nitrogen and oxygen atoms in total. The van der Waals surface area contributed by atoms with E-state index in [0.717, 1.165) is 61.5 Å². The van der Waals surface area contributed by atoms with Crippen LogP contribution in [0.4, 0.5) is 17.1 Å². The van der Waals surface area contributed by atoms with Gasteiger partial charge < -0.3 is 4.90 Å². The third kappa shape index (κ3) is 6.44. The van der Waals surface area contributed by atoms with Crippen LogP contribution in [0, 0.1) is 6.92 Å². The smallest absolute Gasteiger partial charge is 0.0702 e. The van der Waals surface area contributed by atoms with Crippen molar-refractivity contribution >= 4 is 44.8 Å². The van der Waals surface area contributed by atoms with E-state index in [2.05, 4.69) is 187 Å². The summed E-state index contributed by atoms with van der Waals surface area (Å²) >= 11 is 0. The lowest BCUT2D eigenvalue weighted by molar-refractivity contribution is 1.24. The maximum absolute atomic E-state index is 4.70. The van der Waals surface area contributed by atoms with Crippen LogP contribution in [0.1, 0.15) is 11.3 Å². The molecule has 0 bridgehead atoms. The number of para-hydroxylation sites is 1. The fourth-order valence-electron chi connectivity index (χ4n) is 7.27. The van der Waals surface area contributed by atoms with Crippen molar-refractivity contribution < 1.29 is 0 Å². The molecule has 0 amide bonds. The van der Waals surface area contributed by atoms with Gasteiger partial charge in [0.15, 0.2) is 0 Å². The van der Waals surface area contributed by atoms with Crippen molar-refractivity contribution in [3.05, 3.63) is 206 Å². The number of pyridine rings is 2. The topological polar surface area (TPSA) is 29.0 Å². The number of hydrogen-bond donors (Lipinski definition) is 0. The Bertz CT molecular complexity index is 2760. The van der Waals surface area contributed by atoms with Crippen LogP contribution in [-0.4, -0.2) is 9.97 Å². The van der Waals surface area contributed by atoms with Gasteiger partial charge >= 0.3 is 0 Å². The zero-order chi connectivity index (χ0) is 36.4. The molecule has 0 saturated heterocycles. The second-order valence-electron chi connectivity index (χ2n) is 13.7. The summed E-state index contributed by atoms with van der Waals surface area (Å²) in [5.41, 5.74) is 15.4. The lowest BCUT2D eigenvalue weighted by Crippen LogP contribution is -2.09. The third-order valence-electron chi connectivity index (χ3n) is 10.2. The quantitative estimate of drug-likeness (QED) is 0.159. The molecule has 2 heterocycles. The number of aryl methyl sites for hydroxylation is 1. The first-order valence-electron chi connectivity index (χ1n) is 18.2. The van der Waals surface area contributed by atoms with Crippen molar-refractivity contribution in [2.75, 3.05) is 4.90 Å². The van der Waals surface area contributed by atoms with Crippen LogP contribution < -0.4 is 4.90 Å². The predicted molar refractivity (Wildman–Crippen MR) is 228 cm³/mol. The summed E-state index contributed by atoms with van der Waals surface area (Å²) in [5.74, 6) is 0. The Morgan fingerprint density at radius 2 is 0.833 bits per heavy atom. The highest BCUT2D eigenvalue weighted by molar-refractivity contribution is 5.88. The fourth-order valence-corrected chi connectivity index (χ4v) is 7.27. The number of anilines is 3. The molecule has 0 aliphatic heterocycles. The van der Waals surface area contributed by atoms with Crippen molar-refractivity contribution in [2.45, 2.75) is 6.92 Å².